The molecule has 0 heterocycles. The van der Waals surface area contributed by atoms with Gasteiger partial charge in [-0.3, -0.25) is 4.79 Å². The molecule has 0 aromatic heterocycles. The molecule has 1 aromatic rings. The van der Waals surface area contributed by atoms with Crippen LogP contribution >= 0.6 is 45.2 Å². The predicted molar refractivity (Wildman–Crippen MR) is 77.7 cm³/mol. The Labute approximate surface area is 121 Å². The van der Waals surface area contributed by atoms with Crippen LogP contribution in [0.5, 0.6) is 5.75 Å². The number of hydrogen-bond acceptors (Lipinski definition) is 3. The van der Waals surface area contributed by atoms with Crippen molar-refractivity contribution >= 4 is 57.4 Å². The Morgan fingerprint density at radius 2 is 1.88 bits per heavy atom. The highest BCUT2D eigenvalue weighted by molar-refractivity contribution is 14.1. The molecule has 0 fully saturated rings. The molecule has 0 aliphatic heterocycles. The van der Waals surface area contributed by atoms with E-state index in [2.05, 4.69) is 0 Å². The van der Waals surface area contributed by atoms with Crippen molar-refractivity contribution in [2.75, 3.05) is 0 Å². The molecule has 0 N–H and O–H groups in total. The minimum Gasteiger partial charge on any atom is -0.421 e. The normalized spacial score (nSPS) is 10.4. The standard InChI is InChI=1S/C11H8I2O3/c1-2-3-10(15)16-11-8(12)4-7(6-14)5-9(11)13/h2-6H,1H3/b3-2+. The summed E-state index contributed by atoms with van der Waals surface area (Å²) >= 11 is 4.06. The average molecular weight is 442 g/mol. The number of carbonyl (C=O) groups is 2. The molecule has 3 nitrogen and oxygen atoms in total. The van der Waals surface area contributed by atoms with Crippen LogP contribution in [0.25, 0.3) is 0 Å². The Morgan fingerprint density at radius 1 is 1.31 bits per heavy atom. The highest BCUT2D eigenvalue weighted by atomic mass is 127. The second-order valence-corrected chi connectivity index (χ2v) is 5.18. The lowest BCUT2D eigenvalue weighted by Crippen LogP contribution is -2.06. The van der Waals surface area contributed by atoms with Crippen LogP contribution in [-0.2, 0) is 4.79 Å². The van der Waals surface area contributed by atoms with Crippen LogP contribution in [0.3, 0.4) is 0 Å². The molecule has 84 valence electrons. The highest BCUT2D eigenvalue weighted by Crippen LogP contribution is 2.28. The Bertz CT molecular complexity index is 430. The smallest absolute Gasteiger partial charge is 0.335 e. The summed E-state index contributed by atoms with van der Waals surface area (Å²) in [6.45, 7) is 1.74. The number of ether oxygens (including phenoxy) is 1. The van der Waals surface area contributed by atoms with Gasteiger partial charge in [0.15, 0.2) is 5.75 Å². The predicted octanol–water partition coefficient (Wildman–Crippen LogP) is 3.19. The summed E-state index contributed by atoms with van der Waals surface area (Å²) in [6, 6.07) is 3.35. The molecule has 0 aliphatic carbocycles. The van der Waals surface area contributed by atoms with Gasteiger partial charge in [-0.25, -0.2) is 4.79 Å². The molecule has 0 unspecified atom stereocenters. The quantitative estimate of drug-likeness (QED) is 0.238. The Morgan fingerprint density at radius 3 is 2.31 bits per heavy atom. The first-order valence-corrected chi connectivity index (χ1v) is 6.53. The number of hydrogen-bond donors (Lipinski definition) is 0. The molecule has 1 rings (SSSR count). The van der Waals surface area contributed by atoms with E-state index in [1.807, 2.05) is 45.2 Å². The topological polar surface area (TPSA) is 43.4 Å². The van der Waals surface area contributed by atoms with Crippen LogP contribution in [0.2, 0.25) is 0 Å². The van der Waals surface area contributed by atoms with Crippen molar-refractivity contribution < 1.29 is 14.3 Å². The van der Waals surface area contributed by atoms with Gasteiger partial charge < -0.3 is 4.74 Å². The lowest BCUT2D eigenvalue weighted by molar-refractivity contribution is -0.129. The first-order chi connectivity index (χ1) is 7.58. The molecule has 0 bridgehead atoms. The summed E-state index contributed by atoms with van der Waals surface area (Å²) in [5.41, 5.74) is 0.569. The van der Waals surface area contributed by atoms with E-state index in [4.69, 9.17) is 4.74 Å². The summed E-state index contributed by atoms with van der Waals surface area (Å²) in [7, 11) is 0. The highest BCUT2D eigenvalue weighted by Gasteiger charge is 2.11. The third-order valence-corrected chi connectivity index (χ3v) is 3.26. The largest absolute Gasteiger partial charge is 0.421 e. The van der Waals surface area contributed by atoms with Crippen molar-refractivity contribution in [1.29, 1.82) is 0 Å². The zero-order chi connectivity index (χ0) is 12.1. The number of carbonyl (C=O) groups excluding carboxylic acids is 2. The first-order valence-electron chi connectivity index (χ1n) is 4.37. The fourth-order valence-corrected chi connectivity index (χ4v) is 3.05. The number of halogens is 2. The van der Waals surface area contributed by atoms with E-state index < -0.39 is 5.97 Å². The molecular weight excluding hydrogens is 434 g/mol. The zero-order valence-corrected chi connectivity index (χ0v) is 12.7. The molecular formula is C11H8I2O3. The average Bonchev–Trinajstić information content (AvgIpc) is 2.23. The van der Waals surface area contributed by atoms with Crippen molar-refractivity contribution in [2.45, 2.75) is 6.92 Å². The maximum atomic E-state index is 11.3. The summed E-state index contributed by atoms with van der Waals surface area (Å²) < 4.78 is 6.64. The fraction of sp³-hybridized carbons (Fsp3) is 0.0909. The maximum absolute atomic E-state index is 11.3. The summed E-state index contributed by atoms with van der Waals surface area (Å²) in [5, 5.41) is 0. The lowest BCUT2D eigenvalue weighted by Gasteiger charge is -2.07. The number of rotatable bonds is 3. The monoisotopic (exact) mass is 442 g/mol. The fourth-order valence-electron chi connectivity index (χ4n) is 1.02. The minimum absolute atomic E-state index is 0.419. The third-order valence-electron chi connectivity index (χ3n) is 1.66. The van der Waals surface area contributed by atoms with Gasteiger partial charge in [0.2, 0.25) is 0 Å². The van der Waals surface area contributed by atoms with E-state index in [1.54, 1.807) is 25.1 Å². The molecule has 5 heteroatoms. The summed E-state index contributed by atoms with van der Waals surface area (Å²) in [6.07, 6.45) is 3.73. The molecule has 1 aromatic carbocycles. The number of esters is 1. The van der Waals surface area contributed by atoms with Gasteiger partial charge in [-0.05, 0) is 64.2 Å². The van der Waals surface area contributed by atoms with Gasteiger partial charge in [-0.15, -0.1) is 0 Å². The van der Waals surface area contributed by atoms with Gasteiger partial charge >= 0.3 is 5.97 Å². The van der Waals surface area contributed by atoms with Crippen molar-refractivity contribution in [1.82, 2.24) is 0 Å². The minimum atomic E-state index is -0.419. The third kappa shape index (κ3) is 3.55. The van der Waals surface area contributed by atoms with Crippen LogP contribution in [0.15, 0.2) is 24.3 Å². The van der Waals surface area contributed by atoms with Gasteiger partial charge in [-0.2, -0.15) is 0 Å². The second kappa shape index (κ2) is 6.33. The van der Waals surface area contributed by atoms with E-state index in [9.17, 15) is 9.59 Å². The molecule has 0 amide bonds. The summed E-state index contributed by atoms with van der Waals surface area (Å²) in [4.78, 5) is 21.9. The molecule has 0 radical (unpaired) electrons. The Balaban J connectivity index is 3.05. The SMILES string of the molecule is C/C=C/C(=O)Oc1c(I)cc(C=O)cc1I. The lowest BCUT2D eigenvalue weighted by atomic mass is 10.2. The van der Waals surface area contributed by atoms with Crippen LogP contribution in [0.4, 0.5) is 0 Å². The first kappa shape index (κ1) is 13.6. The molecule has 0 aliphatic rings. The van der Waals surface area contributed by atoms with E-state index in [0.717, 1.165) is 13.4 Å². The van der Waals surface area contributed by atoms with Gasteiger partial charge in [-0.1, -0.05) is 6.08 Å². The molecule has 0 spiro atoms. The number of aldehydes is 1. The zero-order valence-electron chi connectivity index (χ0n) is 8.37. The maximum Gasteiger partial charge on any atom is 0.335 e. The van der Waals surface area contributed by atoms with Gasteiger partial charge in [0.1, 0.15) is 6.29 Å². The van der Waals surface area contributed by atoms with Crippen LogP contribution in [-0.4, -0.2) is 12.3 Å². The van der Waals surface area contributed by atoms with Crippen molar-refractivity contribution in [3.63, 3.8) is 0 Å². The number of benzene rings is 1. The van der Waals surface area contributed by atoms with E-state index in [1.165, 1.54) is 6.08 Å². The van der Waals surface area contributed by atoms with Crippen molar-refractivity contribution in [3.8, 4) is 5.75 Å². The molecule has 0 saturated carbocycles. The van der Waals surface area contributed by atoms with Crippen molar-refractivity contribution in [3.05, 3.63) is 37.0 Å². The van der Waals surface area contributed by atoms with Gasteiger partial charge in [0, 0.05) is 11.6 Å². The van der Waals surface area contributed by atoms with E-state index in [-0.39, 0.29) is 0 Å². The van der Waals surface area contributed by atoms with Crippen molar-refractivity contribution in [2.24, 2.45) is 0 Å². The van der Waals surface area contributed by atoms with Gasteiger partial charge in [0.25, 0.3) is 0 Å². The van der Waals surface area contributed by atoms with E-state index >= 15 is 0 Å². The summed E-state index contributed by atoms with van der Waals surface area (Å²) in [5.74, 6) is 0.0760. The van der Waals surface area contributed by atoms with Gasteiger partial charge in [0.05, 0.1) is 7.14 Å². The molecule has 16 heavy (non-hydrogen) atoms. The molecule has 0 saturated heterocycles. The Hall–Kier alpha value is -0.440. The Kier molecular flexibility index (Phi) is 5.39. The van der Waals surface area contributed by atoms with Crippen LogP contribution < -0.4 is 4.74 Å². The molecule has 0 atom stereocenters. The van der Waals surface area contributed by atoms with E-state index in [0.29, 0.717) is 11.3 Å². The second-order valence-electron chi connectivity index (χ2n) is 2.85. The van der Waals surface area contributed by atoms with Crippen LogP contribution in [0.1, 0.15) is 17.3 Å². The van der Waals surface area contributed by atoms with Crippen LogP contribution in [0, 0.1) is 7.14 Å². The number of allylic oxidation sites excluding steroid dienone is 1.